The van der Waals surface area contributed by atoms with E-state index in [0.717, 1.165) is 55.8 Å². The van der Waals surface area contributed by atoms with Gasteiger partial charge in [0.05, 0.1) is 6.61 Å². The van der Waals surface area contributed by atoms with E-state index in [1.165, 1.54) is 12.1 Å². The molecule has 1 fully saturated rings. The summed E-state index contributed by atoms with van der Waals surface area (Å²) in [6, 6.07) is 17.3. The molecular formula is C35H43FN4O4. The quantitative estimate of drug-likeness (QED) is 0.305. The van der Waals surface area contributed by atoms with Gasteiger partial charge in [0.15, 0.2) is 0 Å². The van der Waals surface area contributed by atoms with E-state index in [1.54, 1.807) is 25.2 Å². The number of likely N-dealkylation sites (N-methyl/N-ethyl adjacent to an activating group) is 2. The van der Waals surface area contributed by atoms with E-state index in [1.807, 2.05) is 30.3 Å². The van der Waals surface area contributed by atoms with Crippen LogP contribution in [0.2, 0.25) is 0 Å². The lowest BCUT2D eigenvalue weighted by molar-refractivity contribution is -0.123. The van der Waals surface area contributed by atoms with Crippen molar-refractivity contribution in [2.75, 3.05) is 60.0 Å². The van der Waals surface area contributed by atoms with Crippen LogP contribution in [0.4, 0.5) is 4.39 Å². The first kappa shape index (κ1) is 31.5. The fourth-order valence-corrected chi connectivity index (χ4v) is 5.74. The third kappa shape index (κ3) is 7.39. The van der Waals surface area contributed by atoms with Gasteiger partial charge in [0.2, 0.25) is 5.91 Å². The predicted octanol–water partition coefficient (Wildman–Crippen LogP) is 4.86. The molecule has 0 radical (unpaired) electrons. The van der Waals surface area contributed by atoms with Crippen LogP contribution in [-0.2, 0) is 4.79 Å². The molecule has 1 saturated heterocycles. The van der Waals surface area contributed by atoms with Gasteiger partial charge in [-0.1, -0.05) is 32.0 Å². The van der Waals surface area contributed by atoms with Crippen LogP contribution >= 0.6 is 0 Å². The van der Waals surface area contributed by atoms with Gasteiger partial charge in [-0.05, 0) is 73.0 Å². The van der Waals surface area contributed by atoms with E-state index in [0.29, 0.717) is 41.7 Å². The fraction of sp³-hybridized carbons (Fsp3) is 0.429. The van der Waals surface area contributed by atoms with Gasteiger partial charge in [-0.3, -0.25) is 9.59 Å². The number of piperazine rings is 1. The minimum atomic E-state index is -0.633. The Labute approximate surface area is 259 Å². The zero-order valence-electron chi connectivity index (χ0n) is 26.1. The summed E-state index contributed by atoms with van der Waals surface area (Å²) in [4.78, 5) is 31.0. The third-order valence-corrected chi connectivity index (χ3v) is 8.32. The predicted molar refractivity (Wildman–Crippen MR) is 170 cm³/mol. The van der Waals surface area contributed by atoms with Crippen molar-refractivity contribution < 1.29 is 23.5 Å². The number of fused-ring (bicyclic) bond motifs is 1. The first-order valence-electron chi connectivity index (χ1n) is 15.5. The van der Waals surface area contributed by atoms with Crippen LogP contribution in [0.15, 0.2) is 60.7 Å². The SMILES string of the molecule is CNC(=O)C1c2cc(-c3cc(C(=O)NCC(C)C)ccc3OCCCN3CCN(C)CC3)ccc2OC1c1ccc(F)cc1. The van der Waals surface area contributed by atoms with Crippen LogP contribution in [-0.4, -0.2) is 81.6 Å². The number of hydrogen-bond acceptors (Lipinski definition) is 6. The average molecular weight is 603 g/mol. The van der Waals surface area contributed by atoms with Crippen molar-refractivity contribution in [3.63, 3.8) is 0 Å². The van der Waals surface area contributed by atoms with Gasteiger partial charge in [-0.2, -0.15) is 0 Å². The Morgan fingerprint density at radius 1 is 1.02 bits per heavy atom. The molecule has 2 aliphatic heterocycles. The first-order chi connectivity index (χ1) is 21.2. The minimum Gasteiger partial charge on any atom is -0.493 e. The van der Waals surface area contributed by atoms with Crippen LogP contribution in [0.1, 0.15) is 53.8 Å². The van der Waals surface area contributed by atoms with Crippen LogP contribution < -0.4 is 20.1 Å². The van der Waals surface area contributed by atoms with E-state index in [-0.39, 0.29) is 17.6 Å². The van der Waals surface area contributed by atoms with Crippen molar-refractivity contribution in [2.45, 2.75) is 32.3 Å². The van der Waals surface area contributed by atoms with E-state index in [9.17, 15) is 14.0 Å². The van der Waals surface area contributed by atoms with Crippen molar-refractivity contribution in [1.29, 1.82) is 0 Å². The van der Waals surface area contributed by atoms with Crippen LogP contribution in [0, 0.1) is 11.7 Å². The molecule has 0 aliphatic carbocycles. The summed E-state index contributed by atoms with van der Waals surface area (Å²) < 4.78 is 26.3. The molecule has 5 rings (SSSR count). The molecule has 0 spiro atoms. The molecule has 2 aliphatic rings. The molecule has 8 nitrogen and oxygen atoms in total. The largest absolute Gasteiger partial charge is 0.493 e. The van der Waals surface area contributed by atoms with E-state index in [2.05, 4.69) is 41.3 Å². The van der Waals surface area contributed by atoms with Gasteiger partial charge in [-0.15, -0.1) is 0 Å². The van der Waals surface area contributed by atoms with Crippen LogP contribution in [0.5, 0.6) is 11.5 Å². The molecule has 2 atom stereocenters. The number of ether oxygens (including phenoxy) is 2. The highest BCUT2D eigenvalue weighted by Crippen LogP contribution is 2.48. The molecule has 234 valence electrons. The summed E-state index contributed by atoms with van der Waals surface area (Å²) in [6.45, 7) is 10.5. The molecule has 3 aromatic carbocycles. The maximum atomic E-state index is 13.7. The van der Waals surface area contributed by atoms with Gasteiger partial charge in [0.1, 0.15) is 29.3 Å². The lowest BCUT2D eigenvalue weighted by Crippen LogP contribution is -2.44. The molecule has 2 heterocycles. The van der Waals surface area contributed by atoms with E-state index >= 15 is 0 Å². The van der Waals surface area contributed by atoms with Crippen LogP contribution in [0.3, 0.4) is 0 Å². The highest BCUT2D eigenvalue weighted by atomic mass is 19.1. The average Bonchev–Trinajstić information content (AvgIpc) is 3.41. The number of nitrogens with one attached hydrogen (secondary N) is 2. The molecule has 9 heteroatoms. The highest BCUT2D eigenvalue weighted by Gasteiger charge is 2.40. The van der Waals surface area contributed by atoms with Crippen molar-refractivity contribution in [2.24, 2.45) is 5.92 Å². The number of nitrogens with zero attached hydrogens (tertiary/aromatic N) is 2. The van der Waals surface area contributed by atoms with Gasteiger partial charge >= 0.3 is 0 Å². The molecule has 0 saturated carbocycles. The highest BCUT2D eigenvalue weighted by molar-refractivity contribution is 5.96. The standard InChI is InChI=1S/C35H43FN4O4/c1-23(2)22-38-34(41)26-9-12-30(43-19-5-14-40-17-15-39(4)16-18-40)28(21-26)25-8-13-31-29(20-25)32(35(42)37-3)33(44-31)24-6-10-27(36)11-7-24/h6-13,20-21,23,32-33H,5,14-19,22H2,1-4H3,(H,37,42)(H,38,41). The summed E-state index contributed by atoms with van der Waals surface area (Å²) >= 11 is 0. The Bertz CT molecular complexity index is 1450. The van der Waals surface area contributed by atoms with E-state index < -0.39 is 12.0 Å². The topological polar surface area (TPSA) is 83.1 Å². The Morgan fingerprint density at radius 2 is 1.77 bits per heavy atom. The summed E-state index contributed by atoms with van der Waals surface area (Å²) in [5.41, 5.74) is 3.56. The van der Waals surface area contributed by atoms with Gasteiger partial charge in [-0.25, -0.2) is 4.39 Å². The third-order valence-electron chi connectivity index (χ3n) is 8.32. The van der Waals surface area contributed by atoms with E-state index in [4.69, 9.17) is 9.47 Å². The molecule has 2 amide bonds. The van der Waals surface area contributed by atoms with Gasteiger partial charge < -0.3 is 29.9 Å². The number of hydrogen-bond donors (Lipinski definition) is 2. The van der Waals surface area contributed by atoms with Crippen molar-refractivity contribution in [3.05, 3.63) is 83.2 Å². The van der Waals surface area contributed by atoms with Gasteiger partial charge in [0, 0.05) is 63.0 Å². The number of benzene rings is 3. The zero-order valence-corrected chi connectivity index (χ0v) is 26.1. The second-order valence-corrected chi connectivity index (χ2v) is 12.1. The monoisotopic (exact) mass is 602 g/mol. The number of rotatable bonds is 11. The Morgan fingerprint density at radius 3 is 2.48 bits per heavy atom. The molecular weight excluding hydrogens is 559 g/mol. The lowest BCUT2D eigenvalue weighted by atomic mass is 9.88. The maximum absolute atomic E-state index is 13.7. The van der Waals surface area contributed by atoms with Crippen molar-refractivity contribution in [3.8, 4) is 22.6 Å². The smallest absolute Gasteiger partial charge is 0.251 e. The summed E-state index contributed by atoms with van der Waals surface area (Å²) in [5.74, 6) is 0.269. The number of amides is 2. The summed E-state index contributed by atoms with van der Waals surface area (Å²) in [7, 11) is 3.75. The zero-order chi connectivity index (χ0) is 31.2. The maximum Gasteiger partial charge on any atom is 0.251 e. The Kier molecular flexibility index (Phi) is 10.2. The minimum absolute atomic E-state index is 0.148. The molecule has 2 unspecified atom stereocenters. The summed E-state index contributed by atoms with van der Waals surface area (Å²) in [6.07, 6.45) is 0.287. The van der Waals surface area contributed by atoms with Gasteiger partial charge in [0.25, 0.3) is 5.91 Å². The second kappa shape index (κ2) is 14.2. The van der Waals surface area contributed by atoms with Crippen molar-refractivity contribution in [1.82, 2.24) is 20.4 Å². The number of halogens is 1. The number of carbonyl (C=O) groups excluding carboxylic acids is 2. The Balaban J connectivity index is 1.43. The van der Waals surface area contributed by atoms with Crippen molar-refractivity contribution >= 4 is 11.8 Å². The normalized spacial score (nSPS) is 18.5. The molecule has 44 heavy (non-hydrogen) atoms. The number of carbonyl (C=O) groups is 2. The van der Waals surface area contributed by atoms with Crippen LogP contribution in [0.25, 0.3) is 11.1 Å². The molecule has 3 aromatic rings. The fourth-order valence-electron chi connectivity index (χ4n) is 5.74. The summed E-state index contributed by atoms with van der Waals surface area (Å²) in [5, 5.41) is 5.76. The first-order valence-corrected chi connectivity index (χ1v) is 15.5. The Hall–Kier alpha value is -3.95. The second-order valence-electron chi connectivity index (χ2n) is 12.1. The lowest BCUT2D eigenvalue weighted by Gasteiger charge is -2.32. The molecule has 0 bridgehead atoms. The molecule has 0 aromatic heterocycles. The molecule has 2 N–H and O–H groups in total.